The minimum absolute atomic E-state index is 0.527. The maximum Gasteiger partial charge on any atom is 0.162 e. The average molecular weight is 257 g/mol. The Balaban J connectivity index is 2.45. The van der Waals surface area contributed by atoms with E-state index in [2.05, 4.69) is 16.0 Å². The molecule has 0 atom stereocenters. The first kappa shape index (κ1) is 13.1. The first-order valence-corrected chi connectivity index (χ1v) is 6.02. The molecule has 5 heteroatoms. The van der Waals surface area contributed by atoms with Gasteiger partial charge in [0.15, 0.2) is 11.5 Å². The van der Waals surface area contributed by atoms with Gasteiger partial charge in [0.1, 0.15) is 6.33 Å². The molecule has 19 heavy (non-hydrogen) atoms. The summed E-state index contributed by atoms with van der Waals surface area (Å²) >= 11 is 0. The molecule has 5 nitrogen and oxygen atoms in total. The highest BCUT2D eigenvalue weighted by Gasteiger charge is 2.10. The standard InChI is InChI=1S/C14H15N3O2/c1-18-13-7-10-11(5-3-4-6-15)16-9-17-12(10)8-14(13)19-2/h7-9H,3-5H2,1-2H3. The zero-order valence-electron chi connectivity index (χ0n) is 11.0. The zero-order valence-corrected chi connectivity index (χ0v) is 11.0. The average Bonchev–Trinajstić information content (AvgIpc) is 2.46. The fraction of sp³-hybridized carbons (Fsp3) is 0.357. The molecule has 0 radical (unpaired) electrons. The van der Waals surface area contributed by atoms with Crippen molar-refractivity contribution in [3.63, 3.8) is 0 Å². The molecule has 0 aliphatic heterocycles. The van der Waals surface area contributed by atoms with Crippen LogP contribution in [0.3, 0.4) is 0 Å². The van der Waals surface area contributed by atoms with Gasteiger partial charge in [-0.15, -0.1) is 0 Å². The van der Waals surface area contributed by atoms with Gasteiger partial charge in [-0.1, -0.05) is 0 Å². The lowest BCUT2D eigenvalue weighted by atomic mass is 10.1. The van der Waals surface area contributed by atoms with Crippen LogP contribution in [-0.4, -0.2) is 24.2 Å². The smallest absolute Gasteiger partial charge is 0.162 e. The molecular weight excluding hydrogens is 242 g/mol. The van der Waals surface area contributed by atoms with Gasteiger partial charge in [0.25, 0.3) is 0 Å². The molecule has 1 heterocycles. The highest BCUT2D eigenvalue weighted by atomic mass is 16.5. The molecule has 1 aromatic carbocycles. The number of unbranched alkanes of at least 4 members (excludes halogenated alkanes) is 1. The SMILES string of the molecule is COc1cc2ncnc(CCCC#N)c2cc1OC. The van der Waals surface area contributed by atoms with Gasteiger partial charge in [-0.2, -0.15) is 5.26 Å². The van der Waals surface area contributed by atoms with Crippen LogP contribution < -0.4 is 9.47 Å². The van der Waals surface area contributed by atoms with Gasteiger partial charge in [0.05, 0.1) is 31.5 Å². The third-order valence-corrected chi connectivity index (χ3v) is 2.93. The molecule has 98 valence electrons. The Labute approximate surface area is 111 Å². The summed E-state index contributed by atoms with van der Waals surface area (Å²) in [5.74, 6) is 1.31. The lowest BCUT2D eigenvalue weighted by molar-refractivity contribution is 0.355. The Hall–Kier alpha value is -2.35. The fourth-order valence-electron chi connectivity index (χ4n) is 1.97. The van der Waals surface area contributed by atoms with Crippen molar-refractivity contribution in [2.75, 3.05) is 14.2 Å². The Morgan fingerprint density at radius 1 is 1.16 bits per heavy atom. The number of ether oxygens (including phenoxy) is 2. The van der Waals surface area contributed by atoms with Crippen molar-refractivity contribution >= 4 is 10.9 Å². The molecule has 1 aromatic heterocycles. The molecule has 0 bridgehead atoms. The summed E-state index contributed by atoms with van der Waals surface area (Å²) in [5.41, 5.74) is 1.75. The van der Waals surface area contributed by atoms with Crippen LogP contribution in [0.15, 0.2) is 18.5 Å². The van der Waals surface area contributed by atoms with Crippen LogP contribution in [-0.2, 0) is 6.42 Å². The summed E-state index contributed by atoms with van der Waals surface area (Å²) in [5, 5.41) is 9.53. The largest absolute Gasteiger partial charge is 0.493 e. The van der Waals surface area contributed by atoms with Gasteiger partial charge in [-0.05, 0) is 18.9 Å². The molecule has 0 fully saturated rings. The summed E-state index contributed by atoms with van der Waals surface area (Å²) in [6, 6.07) is 5.86. The molecule has 0 spiro atoms. The van der Waals surface area contributed by atoms with Crippen molar-refractivity contribution in [2.45, 2.75) is 19.3 Å². The number of aryl methyl sites for hydroxylation is 1. The molecule has 0 saturated heterocycles. The summed E-state index contributed by atoms with van der Waals surface area (Å²) in [7, 11) is 3.20. The third kappa shape index (κ3) is 2.74. The number of hydrogen-bond acceptors (Lipinski definition) is 5. The Morgan fingerprint density at radius 2 is 1.89 bits per heavy atom. The van der Waals surface area contributed by atoms with E-state index < -0.39 is 0 Å². The maximum absolute atomic E-state index is 8.59. The van der Waals surface area contributed by atoms with E-state index in [1.807, 2.05) is 12.1 Å². The normalized spacial score (nSPS) is 10.2. The number of aromatic nitrogens is 2. The Morgan fingerprint density at radius 3 is 2.58 bits per heavy atom. The molecule has 0 saturated carbocycles. The van der Waals surface area contributed by atoms with Crippen LogP contribution in [0.25, 0.3) is 10.9 Å². The fourth-order valence-corrected chi connectivity index (χ4v) is 1.97. The van der Waals surface area contributed by atoms with E-state index in [4.69, 9.17) is 14.7 Å². The van der Waals surface area contributed by atoms with E-state index in [0.29, 0.717) is 17.9 Å². The van der Waals surface area contributed by atoms with Gasteiger partial charge in [0.2, 0.25) is 0 Å². The highest BCUT2D eigenvalue weighted by molar-refractivity contribution is 5.84. The van der Waals surface area contributed by atoms with Crippen molar-refractivity contribution in [2.24, 2.45) is 0 Å². The minimum Gasteiger partial charge on any atom is -0.493 e. The molecule has 0 aliphatic rings. The topological polar surface area (TPSA) is 68.0 Å². The molecular formula is C14H15N3O2. The molecule has 0 unspecified atom stereocenters. The predicted octanol–water partition coefficient (Wildman–Crippen LogP) is 2.49. The number of methoxy groups -OCH3 is 2. The van der Waals surface area contributed by atoms with Crippen LogP contribution in [0.4, 0.5) is 0 Å². The second kappa shape index (κ2) is 6.01. The summed E-state index contributed by atoms with van der Waals surface area (Å²) in [6.07, 6.45) is 3.60. The number of fused-ring (bicyclic) bond motifs is 1. The van der Waals surface area contributed by atoms with Gasteiger partial charge in [-0.25, -0.2) is 9.97 Å². The van der Waals surface area contributed by atoms with Gasteiger partial charge in [-0.3, -0.25) is 0 Å². The highest BCUT2D eigenvalue weighted by Crippen LogP contribution is 2.32. The summed E-state index contributed by atoms with van der Waals surface area (Å²) in [4.78, 5) is 8.54. The van der Waals surface area contributed by atoms with E-state index in [-0.39, 0.29) is 0 Å². The first-order chi connectivity index (χ1) is 9.30. The third-order valence-electron chi connectivity index (χ3n) is 2.93. The van der Waals surface area contributed by atoms with Crippen LogP contribution in [0.2, 0.25) is 0 Å². The number of nitriles is 1. The first-order valence-electron chi connectivity index (χ1n) is 6.02. The molecule has 0 amide bonds. The van der Waals surface area contributed by atoms with Crippen LogP contribution in [0.1, 0.15) is 18.5 Å². The van der Waals surface area contributed by atoms with E-state index in [1.165, 1.54) is 6.33 Å². The second-order valence-electron chi connectivity index (χ2n) is 4.06. The summed E-state index contributed by atoms with van der Waals surface area (Å²) in [6.45, 7) is 0. The number of rotatable bonds is 5. The maximum atomic E-state index is 8.59. The minimum atomic E-state index is 0.527. The van der Waals surface area contributed by atoms with Crippen molar-refractivity contribution in [3.05, 3.63) is 24.2 Å². The zero-order chi connectivity index (χ0) is 13.7. The van der Waals surface area contributed by atoms with E-state index in [0.717, 1.165) is 29.4 Å². The van der Waals surface area contributed by atoms with Crippen LogP contribution >= 0.6 is 0 Å². The van der Waals surface area contributed by atoms with E-state index in [9.17, 15) is 0 Å². The number of benzene rings is 1. The van der Waals surface area contributed by atoms with Gasteiger partial charge in [0, 0.05) is 17.9 Å². The van der Waals surface area contributed by atoms with Crippen molar-refractivity contribution in [1.82, 2.24) is 9.97 Å². The molecule has 0 aliphatic carbocycles. The molecule has 2 aromatic rings. The Kier molecular flexibility index (Phi) is 4.14. The van der Waals surface area contributed by atoms with E-state index >= 15 is 0 Å². The monoisotopic (exact) mass is 257 g/mol. The van der Waals surface area contributed by atoms with Crippen LogP contribution in [0.5, 0.6) is 11.5 Å². The van der Waals surface area contributed by atoms with Crippen molar-refractivity contribution in [3.8, 4) is 17.6 Å². The Bertz CT molecular complexity index is 620. The quantitative estimate of drug-likeness (QED) is 0.770. The second-order valence-corrected chi connectivity index (χ2v) is 4.06. The molecule has 2 rings (SSSR count). The van der Waals surface area contributed by atoms with E-state index in [1.54, 1.807) is 14.2 Å². The summed E-state index contributed by atoms with van der Waals surface area (Å²) < 4.78 is 10.5. The lowest BCUT2D eigenvalue weighted by Gasteiger charge is -2.10. The van der Waals surface area contributed by atoms with Crippen LogP contribution in [0, 0.1) is 11.3 Å². The lowest BCUT2D eigenvalue weighted by Crippen LogP contribution is -1.97. The van der Waals surface area contributed by atoms with Crippen molar-refractivity contribution in [1.29, 1.82) is 5.26 Å². The van der Waals surface area contributed by atoms with Gasteiger partial charge < -0.3 is 9.47 Å². The number of nitrogens with zero attached hydrogens (tertiary/aromatic N) is 3. The van der Waals surface area contributed by atoms with Gasteiger partial charge >= 0.3 is 0 Å². The van der Waals surface area contributed by atoms with Crippen molar-refractivity contribution < 1.29 is 9.47 Å². The predicted molar refractivity (Wildman–Crippen MR) is 71.2 cm³/mol. The molecule has 0 N–H and O–H groups in total. The number of hydrogen-bond donors (Lipinski definition) is 0.